The molecule has 0 aliphatic heterocycles. The van der Waals surface area contributed by atoms with Crippen LogP contribution in [0.2, 0.25) is 0 Å². The Bertz CT molecular complexity index is 238. The van der Waals surface area contributed by atoms with Gasteiger partial charge < -0.3 is 5.73 Å². The fourth-order valence-electron chi connectivity index (χ4n) is 0.762. The number of carbonyl (C=O) groups excluding carboxylic acids is 2. The Morgan fingerprint density at radius 3 is 2.70 bits per heavy atom. The maximum atomic E-state index is 10.8. The number of ketones is 1. The highest BCUT2D eigenvalue weighted by Gasteiger charge is 2.14. The Morgan fingerprint density at radius 1 is 1.60 bits per heavy atom. The van der Waals surface area contributed by atoms with Gasteiger partial charge in [0.05, 0.1) is 5.57 Å². The smallest absolute Gasteiger partial charge is 0.252 e. The molecule has 2 N–H and O–H groups in total. The summed E-state index contributed by atoms with van der Waals surface area (Å²) in [6, 6.07) is 0. The number of Topliss-reactive ketones (excluding diaryl/α,β-unsaturated/α-hetero) is 1. The highest BCUT2D eigenvalue weighted by Crippen LogP contribution is 2.06. The Kier molecular flexibility index (Phi) is 1.67. The lowest BCUT2D eigenvalue weighted by atomic mass is 10.0. The van der Waals surface area contributed by atoms with Crippen LogP contribution in [-0.4, -0.2) is 11.7 Å². The Labute approximate surface area is 58.2 Å². The summed E-state index contributed by atoms with van der Waals surface area (Å²) in [6.45, 7) is 0. The number of primary amides is 1. The van der Waals surface area contributed by atoms with Crippen molar-refractivity contribution in [2.75, 3.05) is 0 Å². The topological polar surface area (TPSA) is 60.2 Å². The largest absolute Gasteiger partial charge is 0.365 e. The quantitative estimate of drug-likeness (QED) is 0.514. The molecule has 1 amide bonds. The maximum absolute atomic E-state index is 10.8. The van der Waals surface area contributed by atoms with E-state index in [2.05, 4.69) is 0 Å². The highest BCUT2D eigenvalue weighted by atomic mass is 16.2. The van der Waals surface area contributed by atoms with Crippen LogP contribution in [-0.2, 0) is 9.59 Å². The summed E-state index contributed by atoms with van der Waals surface area (Å²) in [6.07, 6.45) is 5.07. The number of amides is 1. The monoisotopic (exact) mass is 137 g/mol. The fraction of sp³-hybridized carbons (Fsp3) is 0.143. The van der Waals surface area contributed by atoms with Crippen LogP contribution in [0.25, 0.3) is 0 Å². The summed E-state index contributed by atoms with van der Waals surface area (Å²) < 4.78 is 0. The first kappa shape index (κ1) is 6.74. The minimum absolute atomic E-state index is 0.0995. The molecular formula is C7H7NO2. The van der Waals surface area contributed by atoms with Crippen molar-refractivity contribution in [2.45, 2.75) is 6.42 Å². The van der Waals surface area contributed by atoms with E-state index in [-0.39, 0.29) is 17.8 Å². The van der Waals surface area contributed by atoms with Crippen molar-refractivity contribution in [3.63, 3.8) is 0 Å². The molecule has 1 rings (SSSR count). The van der Waals surface area contributed by atoms with Crippen LogP contribution in [0.4, 0.5) is 0 Å². The van der Waals surface area contributed by atoms with E-state index in [4.69, 9.17) is 5.73 Å². The van der Waals surface area contributed by atoms with Crippen LogP contribution in [0.3, 0.4) is 0 Å². The lowest BCUT2D eigenvalue weighted by molar-refractivity contribution is -0.120. The van der Waals surface area contributed by atoms with Crippen LogP contribution in [0.1, 0.15) is 6.42 Å². The fourth-order valence-corrected chi connectivity index (χ4v) is 0.762. The molecule has 1 aliphatic rings. The molecule has 1 aliphatic carbocycles. The van der Waals surface area contributed by atoms with Crippen molar-refractivity contribution < 1.29 is 9.59 Å². The molecule has 0 aromatic carbocycles. The predicted octanol–water partition coefficient (Wildman–Crippen LogP) is -0.0729. The van der Waals surface area contributed by atoms with E-state index in [0.29, 0.717) is 0 Å². The summed E-state index contributed by atoms with van der Waals surface area (Å²) in [7, 11) is 0. The van der Waals surface area contributed by atoms with Crippen molar-refractivity contribution >= 4 is 11.7 Å². The summed E-state index contributed by atoms with van der Waals surface area (Å²) in [5, 5.41) is 0. The molecule has 0 spiro atoms. The molecule has 0 fully saturated rings. The maximum Gasteiger partial charge on any atom is 0.252 e. The lowest BCUT2D eigenvalue weighted by Gasteiger charge is -2.01. The van der Waals surface area contributed by atoms with Crippen molar-refractivity contribution in [3.8, 4) is 0 Å². The summed E-state index contributed by atoms with van der Waals surface area (Å²) >= 11 is 0. The van der Waals surface area contributed by atoms with Gasteiger partial charge in [0.1, 0.15) is 0 Å². The molecular weight excluding hydrogens is 130 g/mol. The second-order valence-corrected chi connectivity index (χ2v) is 2.00. The van der Waals surface area contributed by atoms with Crippen molar-refractivity contribution in [2.24, 2.45) is 5.73 Å². The third kappa shape index (κ3) is 1.13. The van der Waals surface area contributed by atoms with E-state index < -0.39 is 5.91 Å². The zero-order valence-corrected chi connectivity index (χ0v) is 5.33. The van der Waals surface area contributed by atoms with E-state index in [1.807, 2.05) is 0 Å². The number of hydrogen-bond donors (Lipinski definition) is 1. The third-order valence-corrected chi connectivity index (χ3v) is 1.27. The minimum atomic E-state index is -0.644. The Morgan fingerprint density at radius 2 is 2.30 bits per heavy atom. The van der Waals surface area contributed by atoms with Crippen LogP contribution in [0.5, 0.6) is 0 Å². The average Bonchev–Trinajstić information content (AvgIpc) is 1.88. The molecule has 10 heavy (non-hydrogen) atoms. The van der Waals surface area contributed by atoms with E-state index in [1.54, 1.807) is 12.2 Å². The molecule has 0 atom stereocenters. The first-order valence-electron chi connectivity index (χ1n) is 2.91. The van der Waals surface area contributed by atoms with Crippen molar-refractivity contribution in [3.05, 3.63) is 23.8 Å². The summed E-state index contributed by atoms with van der Waals surface area (Å²) in [4.78, 5) is 21.3. The molecule has 0 bridgehead atoms. The Hall–Kier alpha value is -1.38. The zero-order chi connectivity index (χ0) is 7.56. The normalized spacial score (nSPS) is 16.8. The lowest BCUT2D eigenvalue weighted by Crippen LogP contribution is -2.21. The van der Waals surface area contributed by atoms with E-state index in [9.17, 15) is 9.59 Å². The van der Waals surface area contributed by atoms with Gasteiger partial charge in [-0.3, -0.25) is 9.59 Å². The summed E-state index contributed by atoms with van der Waals surface area (Å²) in [5.74, 6) is -0.843. The number of carbonyl (C=O) groups is 2. The number of hydrogen-bond acceptors (Lipinski definition) is 2. The van der Waals surface area contributed by atoms with Gasteiger partial charge in [-0.05, 0) is 6.08 Å². The summed E-state index contributed by atoms with van der Waals surface area (Å²) in [5.41, 5.74) is 5.00. The van der Waals surface area contributed by atoms with Gasteiger partial charge in [0.15, 0.2) is 5.78 Å². The molecule has 0 aromatic heterocycles. The van der Waals surface area contributed by atoms with Crippen molar-refractivity contribution in [1.29, 1.82) is 0 Å². The van der Waals surface area contributed by atoms with Gasteiger partial charge in [0.25, 0.3) is 5.91 Å². The minimum Gasteiger partial charge on any atom is -0.365 e. The van der Waals surface area contributed by atoms with Gasteiger partial charge >= 0.3 is 0 Å². The van der Waals surface area contributed by atoms with Gasteiger partial charge in [-0.2, -0.15) is 0 Å². The molecule has 0 radical (unpaired) electrons. The van der Waals surface area contributed by atoms with Crippen LogP contribution < -0.4 is 5.73 Å². The molecule has 52 valence electrons. The molecule has 0 aromatic rings. The molecule has 0 saturated carbocycles. The molecule has 0 unspecified atom stereocenters. The SMILES string of the molecule is NC(=O)C1=CC=CCC1=O. The second-order valence-electron chi connectivity index (χ2n) is 2.00. The first-order chi connectivity index (χ1) is 4.72. The second kappa shape index (κ2) is 2.47. The van der Waals surface area contributed by atoms with Crippen LogP contribution >= 0.6 is 0 Å². The average molecular weight is 137 g/mol. The van der Waals surface area contributed by atoms with Gasteiger partial charge in [-0.25, -0.2) is 0 Å². The van der Waals surface area contributed by atoms with Crippen LogP contribution in [0.15, 0.2) is 23.8 Å². The predicted molar refractivity (Wildman–Crippen MR) is 36.0 cm³/mol. The standard InChI is InChI=1S/C7H7NO2/c8-7(10)5-3-1-2-4-6(5)9/h1-3H,4H2,(H2,8,10). The zero-order valence-electron chi connectivity index (χ0n) is 5.33. The molecule has 0 heterocycles. The number of allylic oxidation sites excluding steroid dienone is 3. The van der Waals surface area contributed by atoms with E-state index >= 15 is 0 Å². The molecule has 0 saturated heterocycles. The van der Waals surface area contributed by atoms with Crippen LogP contribution in [0, 0.1) is 0 Å². The van der Waals surface area contributed by atoms with Crippen molar-refractivity contribution in [1.82, 2.24) is 0 Å². The number of rotatable bonds is 1. The van der Waals surface area contributed by atoms with E-state index in [1.165, 1.54) is 6.08 Å². The first-order valence-corrected chi connectivity index (χ1v) is 2.91. The molecule has 3 nitrogen and oxygen atoms in total. The number of nitrogens with two attached hydrogens (primary N) is 1. The van der Waals surface area contributed by atoms with Gasteiger partial charge in [-0.1, -0.05) is 12.2 Å². The molecule has 3 heteroatoms. The van der Waals surface area contributed by atoms with Gasteiger partial charge in [0.2, 0.25) is 0 Å². The third-order valence-electron chi connectivity index (χ3n) is 1.27. The van der Waals surface area contributed by atoms with E-state index in [0.717, 1.165) is 0 Å². The van der Waals surface area contributed by atoms with Gasteiger partial charge in [0, 0.05) is 6.42 Å². The highest BCUT2D eigenvalue weighted by molar-refractivity contribution is 6.19. The van der Waals surface area contributed by atoms with Gasteiger partial charge in [-0.15, -0.1) is 0 Å². The Balaban J connectivity index is 2.91.